The minimum atomic E-state index is -0.689. The van der Waals surface area contributed by atoms with E-state index in [2.05, 4.69) is 21.2 Å². The summed E-state index contributed by atoms with van der Waals surface area (Å²) in [5.74, 6) is 0.949. The number of aromatic nitrogens is 1. The molecular weight excluding hydrogens is 396 g/mol. The molecule has 2 aromatic rings. The maximum Gasteiger partial charge on any atom is 0.198 e. The molecule has 0 spiro atoms. The summed E-state index contributed by atoms with van der Waals surface area (Å²) >= 11 is 0. The second kappa shape index (κ2) is 9.38. The predicted molar refractivity (Wildman–Crippen MR) is 120 cm³/mol. The van der Waals surface area contributed by atoms with Gasteiger partial charge in [0.25, 0.3) is 0 Å². The molecule has 1 aliphatic carbocycles. The third-order valence-corrected chi connectivity index (χ3v) is 6.37. The molecule has 1 atom stereocenters. The molecule has 1 saturated heterocycles. The highest BCUT2D eigenvalue weighted by Crippen LogP contribution is 2.34. The summed E-state index contributed by atoms with van der Waals surface area (Å²) in [4.78, 5) is 4.52. The monoisotopic (exact) mass is 430 g/mol. The van der Waals surface area contributed by atoms with Gasteiger partial charge in [0, 0.05) is 56.4 Å². The van der Waals surface area contributed by atoms with E-state index in [0.717, 1.165) is 50.5 Å². The van der Waals surface area contributed by atoms with Crippen LogP contribution in [0.25, 0.3) is 0 Å². The van der Waals surface area contributed by atoms with Gasteiger partial charge in [-0.2, -0.15) is 0 Å². The van der Waals surface area contributed by atoms with Crippen molar-refractivity contribution in [3.05, 3.63) is 35.4 Å². The van der Waals surface area contributed by atoms with Crippen LogP contribution in [0.3, 0.4) is 0 Å². The molecule has 1 aliphatic heterocycles. The van der Waals surface area contributed by atoms with E-state index in [0.29, 0.717) is 30.3 Å². The molecule has 2 fully saturated rings. The summed E-state index contributed by atoms with van der Waals surface area (Å²) in [5.41, 5.74) is 2.47. The lowest BCUT2D eigenvalue weighted by molar-refractivity contribution is 0.0907. The lowest BCUT2D eigenvalue weighted by atomic mass is 10.2. The predicted octanol–water partition coefficient (Wildman–Crippen LogP) is 1.65. The zero-order valence-electron chi connectivity index (χ0n) is 18.4. The Labute approximate surface area is 183 Å². The molecule has 0 bridgehead atoms. The number of rotatable bonds is 9. The summed E-state index contributed by atoms with van der Waals surface area (Å²) in [7, 11) is 1.69. The summed E-state index contributed by atoms with van der Waals surface area (Å²) in [6.45, 7) is 6.35. The van der Waals surface area contributed by atoms with Gasteiger partial charge in [0.15, 0.2) is 11.8 Å². The molecule has 1 aromatic heterocycles. The van der Waals surface area contributed by atoms with E-state index in [9.17, 15) is 15.3 Å². The van der Waals surface area contributed by atoms with Gasteiger partial charge in [-0.05, 0) is 31.9 Å². The third kappa shape index (κ3) is 4.92. The zero-order chi connectivity index (χ0) is 22.0. The third-order valence-electron chi connectivity index (χ3n) is 6.37. The Bertz CT molecular complexity index is 888. The molecule has 2 heterocycles. The summed E-state index contributed by atoms with van der Waals surface area (Å²) in [5, 5.41) is 35.1. The number of piperazine rings is 1. The quantitative estimate of drug-likeness (QED) is 0.481. The Balaban J connectivity index is 1.31. The van der Waals surface area contributed by atoms with Gasteiger partial charge >= 0.3 is 0 Å². The topological polar surface area (TPSA) is 93.4 Å². The van der Waals surface area contributed by atoms with Gasteiger partial charge in [0.2, 0.25) is 0 Å². The van der Waals surface area contributed by atoms with Crippen LogP contribution in [0.2, 0.25) is 0 Å². The molecule has 8 heteroatoms. The fourth-order valence-electron chi connectivity index (χ4n) is 4.32. The van der Waals surface area contributed by atoms with Crippen molar-refractivity contribution >= 4 is 5.69 Å². The Hall–Kier alpha value is -2.42. The molecule has 8 nitrogen and oxygen atoms in total. The molecule has 1 saturated carbocycles. The van der Waals surface area contributed by atoms with Crippen LogP contribution in [-0.2, 0) is 13.1 Å². The number of nitrogens with one attached hydrogen (secondary N) is 1. The van der Waals surface area contributed by atoms with Gasteiger partial charge < -0.3 is 30.3 Å². The van der Waals surface area contributed by atoms with Crippen molar-refractivity contribution in [3.8, 4) is 17.5 Å². The first-order valence-corrected chi connectivity index (χ1v) is 11.1. The molecule has 2 aliphatic rings. The van der Waals surface area contributed by atoms with Gasteiger partial charge in [-0.1, -0.05) is 12.1 Å². The Morgan fingerprint density at radius 2 is 1.77 bits per heavy atom. The number of hydrogen-bond donors (Lipinski definition) is 4. The second-order valence-electron chi connectivity index (χ2n) is 8.63. The molecule has 4 N–H and O–H groups in total. The van der Waals surface area contributed by atoms with Crippen LogP contribution in [0.15, 0.2) is 24.3 Å². The van der Waals surface area contributed by atoms with E-state index in [4.69, 9.17) is 4.74 Å². The lowest BCUT2D eigenvalue weighted by Gasteiger charge is -2.37. The number of β-amino-alcohol motifs (C(OH)–C–C–N with tert-alkyl or cyclic N) is 1. The van der Waals surface area contributed by atoms with Crippen molar-refractivity contribution in [3.63, 3.8) is 0 Å². The SMILES string of the molecule is COc1ccccc1N1CCN(CC(O)Cn2c(O)c(C)c(CNC3CC3)c2O)CC1. The molecule has 31 heavy (non-hydrogen) atoms. The van der Waals surface area contributed by atoms with E-state index >= 15 is 0 Å². The lowest BCUT2D eigenvalue weighted by Crippen LogP contribution is -2.49. The van der Waals surface area contributed by atoms with Crippen LogP contribution >= 0.6 is 0 Å². The molecule has 0 amide bonds. The first-order chi connectivity index (χ1) is 15.0. The minimum absolute atomic E-state index is 0.0325. The standard InChI is InChI=1S/C23H34N4O4/c1-16-19(13-24-17-7-8-17)23(30)27(22(16)29)15-18(28)14-25-9-11-26(12-10-25)20-5-3-4-6-21(20)31-2/h3-6,17-18,24,28-30H,7-15H2,1-2H3. The molecule has 1 unspecified atom stereocenters. The highest BCUT2D eigenvalue weighted by molar-refractivity contribution is 5.58. The Morgan fingerprint density at radius 1 is 1.06 bits per heavy atom. The fourth-order valence-corrected chi connectivity index (χ4v) is 4.32. The highest BCUT2D eigenvalue weighted by atomic mass is 16.5. The van der Waals surface area contributed by atoms with Crippen molar-refractivity contribution < 1.29 is 20.1 Å². The molecular formula is C23H34N4O4. The van der Waals surface area contributed by atoms with Crippen molar-refractivity contribution in [1.29, 1.82) is 0 Å². The summed E-state index contributed by atoms with van der Waals surface area (Å²) < 4.78 is 6.90. The van der Waals surface area contributed by atoms with Gasteiger partial charge in [0.05, 0.1) is 25.4 Å². The van der Waals surface area contributed by atoms with Gasteiger partial charge in [-0.25, -0.2) is 0 Å². The Kier molecular flexibility index (Phi) is 6.60. The number of aromatic hydroxyl groups is 2. The number of ether oxygens (including phenoxy) is 1. The summed E-state index contributed by atoms with van der Waals surface area (Å²) in [6, 6.07) is 8.54. The van der Waals surface area contributed by atoms with Crippen LogP contribution in [-0.4, -0.2) is 76.8 Å². The molecule has 0 radical (unpaired) electrons. The fraction of sp³-hybridized carbons (Fsp3) is 0.565. The maximum atomic E-state index is 10.7. The van der Waals surface area contributed by atoms with Crippen LogP contribution in [0.4, 0.5) is 5.69 Å². The number of benzene rings is 1. The van der Waals surface area contributed by atoms with E-state index < -0.39 is 6.10 Å². The van der Waals surface area contributed by atoms with E-state index in [1.807, 2.05) is 18.2 Å². The average Bonchev–Trinajstić information content (AvgIpc) is 3.59. The second-order valence-corrected chi connectivity index (χ2v) is 8.63. The van der Waals surface area contributed by atoms with Crippen molar-refractivity contribution in [2.24, 2.45) is 0 Å². The molecule has 170 valence electrons. The van der Waals surface area contributed by atoms with Gasteiger partial charge in [-0.3, -0.25) is 9.47 Å². The maximum absolute atomic E-state index is 10.7. The number of anilines is 1. The number of aliphatic hydroxyl groups is 1. The van der Waals surface area contributed by atoms with E-state index in [1.165, 1.54) is 4.57 Å². The number of aliphatic hydroxyl groups excluding tert-OH is 1. The van der Waals surface area contributed by atoms with E-state index in [-0.39, 0.29) is 18.3 Å². The van der Waals surface area contributed by atoms with Crippen LogP contribution < -0.4 is 15.0 Å². The van der Waals surface area contributed by atoms with Crippen molar-refractivity contribution in [2.45, 2.75) is 45.0 Å². The molecule has 4 rings (SSSR count). The number of nitrogens with zero attached hydrogens (tertiary/aromatic N) is 3. The minimum Gasteiger partial charge on any atom is -0.495 e. The normalized spacial score (nSPS) is 18.4. The highest BCUT2D eigenvalue weighted by Gasteiger charge is 2.26. The van der Waals surface area contributed by atoms with E-state index in [1.54, 1.807) is 14.0 Å². The average molecular weight is 431 g/mol. The number of hydrogen-bond acceptors (Lipinski definition) is 7. The smallest absolute Gasteiger partial charge is 0.198 e. The Morgan fingerprint density at radius 3 is 2.45 bits per heavy atom. The first kappa shape index (κ1) is 21.8. The number of methoxy groups -OCH3 is 1. The van der Waals surface area contributed by atoms with Crippen molar-refractivity contribution in [1.82, 2.24) is 14.8 Å². The van der Waals surface area contributed by atoms with Crippen molar-refractivity contribution in [2.75, 3.05) is 44.7 Å². The van der Waals surface area contributed by atoms with Crippen LogP contribution in [0.5, 0.6) is 17.5 Å². The van der Waals surface area contributed by atoms with Crippen LogP contribution in [0, 0.1) is 6.92 Å². The first-order valence-electron chi connectivity index (χ1n) is 11.1. The van der Waals surface area contributed by atoms with Gasteiger partial charge in [-0.15, -0.1) is 0 Å². The summed E-state index contributed by atoms with van der Waals surface area (Å²) in [6.07, 6.45) is 1.64. The van der Waals surface area contributed by atoms with Crippen LogP contribution in [0.1, 0.15) is 24.0 Å². The van der Waals surface area contributed by atoms with Gasteiger partial charge in [0.1, 0.15) is 5.75 Å². The zero-order valence-corrected chi connectivity index (χ0v) is 18.4. The largest absolute Gasteiger partial charge is 0.495 e. The molecule has 1 aromatic carbocycles. The number of para-hydroxylation sites is 2.